The van der Waals surface area contributed by atoms with E-state index in [-0.39, 0.29) is 54.0 Å². The molecule has 4 saturated heterocycles. The van der Waals surface area contributed by atoms with Gasteiger partial charge in [0.05, 0.1) is 74.2 Å². The minimum Gasteiger partial charge on any atom is -0.453 e. The summed E-state index contributed by atoms with van der Waals surface area (Å²) in [6.45, 7) is 12.8. The highest BCUT2D eigenvalue weighted by Crippen LogP contribution is 2.49. The molecule has 0 aliphatic carbocycles. The van der Waals surface area contributed by atoms with Crippen molar-refractivity contribution < 1.29 is 46.9 Å². The SMILES string of the molecule is CCCCN(Cc1nc2ccc([C@H]3CC[C@H](c4ccc5nc([C@@H]6CCCN6C(=O)[C@@H](NC(=O)OC)C(C)C)[nH]c5c4)N3c3cc(F)c(N4CCC5(CC4)OCCO5)c(F)c3)cc2[nH]1)C(=O)C(CC(C)C)NC(=O)OC. The number of nitrogens with zero attached hydrogens (tertiary/aromatic N) is 6. The van der Waals surface area contributed by atoms with Crippen LogP contribution in [0.4, 0.5) is 29.7 Å². The molecule has 404 valence electrons. The number of amides is 4. The number of methoxy groups -OCH3 is 2. The van der Waals surface area contributed by atoms with Crippen molar-refractivity contribution in [2.45, 2.75) is 135 Å². The van der Waals surface area contributed by atoms with Gasteiger partial charge in [0.25, 0.3) is 0 Å². The maximum Gasteiger partial charge on any atom is 0.407 e. The Balaban J connectivity index is 1.03. The fourth-order valence-electron chi connectivity index (χ4n) is 11.6. The number of H-pyrrole nitrogens is 2. The zero-order valence-electron chi connectivity index (χ0n) is 44.2. The Hall–Kier alpha value is -6.54. The molecular formula is C55H72F2N10O8. The van der Waals surface area contributed by atoms with Gasteiger partial charge in [-0.05, 0) is 97.9 Å². The lowest BCUT2D eigenvalue weighted by Crippen LogP contribution is -2.51. The number of aromatic amines is 2. The van der Waals surface area contributed by atoms with E-state index >= 15 is 8.78 Å². The van der Waals surface area contributed by atoms with Gasteiger partial charge in [-0.1, -0.05) is 53.2 Å². The summed E-state index contributed by atoms with van der Waals surface area (Å²) < 4.78 is 55.0. The van der Waals surface area contributed by atoms with Gasteiger partial charge >= 0.3 is 12.2 Å². The maximum absolute atomic E-state index is 16.7. The fraction of sp³-hybridized carbons (Fsp3) is 0.564. The van der Waals surface area contributed by atoms with Crippen molar-refractivity contribution >= 4 is 57.4 Å². The second-order valence-corrected chi connectivity index (χ2v) is 21.2. The minimum atomic E-state index is -0.773. The molecule has 3 aromatic carbocycles. The Bertz CT molecular complexity index is 2830. The molecule has 18 nitrogen and oxygen atoms in total. The topological polar surface area (TPSA) is 200 Å². The first-order valence-corrected chi connectivity index (χ1v) is 26.7. The van der Waals surface area contributed by atoms with E-state index < -0.39 is 41.7 Å². The average Bonchev–Trinajstić information content (AvgIpc) is 4.27. The van der Waals surface area contributed by atoms with Crippen LogP contribution < -0.4 is 20.4 Å². The zero-order valence-corrected chi connectivity index (χ0v) is 44.2. The van der Waals surface area contributed by atoms with Gasteiger partial charge in [-0.15, -0.1) is 0 Å². The number of imidazole rings is 2. The number of ether oxygens (including phenoxy) is 4. The summed E-state index contributed by atoms with van der Waals surface area (Å²) in [5.74, 6) is -1.25. The number of benzene rings is 3. The lowest BCUT2D eigenvalue weighted by molar-refractivity contribution is -0.169. The number of halogens is 2. The summed E-state index contributed by atoms with van der Waals surface area (Å²) in [6, 6.07) is 12.4. The number of piperidine rings is 1. The highest BCUT2D eigenvalue weighted by molar-refractivity contribution is 5.87. The summed E-state index contributed by atoms with van der Waals surface area (Å²) >= 11 is 0. The normalized spacial score (nSPS) is 20.4. The largest absolute Gasteiger partial charge is 0.453 e. The first-order chi connectivity index (χ1) is 36.1. The lowest BCUT2D eigenvalue weighted by atomic mass is 10.0. The Morgan fingerprint density at radius 3 is 2.03 bits per heavy atom. The van der Waals surface area contributed by atoms with Crippen LogP contribution in [0.25, 0.3) is 22.1 Å². The lowest BCUT2D eigenvalue weighted by Gasteiger charge is -2.39. The number of hydrogen-bond donors (Lipinski definition) is 4. The second-order valence-electron chi connectivity index (χ2n) is 21.2. The van der Waals surface area contributed by atoms with E-state index in [4.69, 9.17) is 28.9 Å². The number of rotatable bonds is 17. The van der Waals surface area contributed by atoms with Crippen molar-refractivity contribution in [3.8, 4) is 0 Å². The van der Waals surface area contributed by atoms with Crippen molar-refractivity contribution in [1.29, 1.82) is 0 Å². The van der Waals surface area contributed by atoms with Crippen LogP contribution in [0, 0.1) is 23.5 Å². The van der Waals surface area contributed by atoms with Gasteiger partial charge in [0.1, 0.15) is 29.4 Å². The molecule has 0 bridgehead atoms. The van der Waals surface area contributed by atoms with Crippen LogP contribution in [0.3, 0.4) is 0 Å². The van der Waals surface area contributed by atoms with Crippen LogP contribution in [0.15, 0.2) is 48.5 Å². The molecule has 4 fully saturated rings. The van der Waals surface area contributed by atoms with E-state index in [2.05, 4.69) is 32.4 Å². The van der Waals surface area contributed by atoms with Gasteiger partial charge < -0.3 is 59.1 Å². The average molecular weight is 1040 g/mol. The van der Waals surface area contributed by atoms with Gasteiger partial charge in [-0.25, -0.2) is 28.3 Å². The molecule has 20 heteroatoms. The number of aromatic nitrogens is 4. The van der Waals surface area contributed by atoms with E-state index in [0.717, 1.165) is 41.4 Å². The highest BCUT2D eigenvalue weighted by atomic mass is 19.1. The standard InChI is InChI=1S/C55H72F2N10O8/c1-8-9-20-65(51(68)43(26-32(2)3)62-53(70)72-6)31-47-58-39-14-12-34(27-41(39)59-47)44-16-17-45(67(44)36-29-37(56)49(38(57)30-36)64-22-18-55(19-23-64)74-24-25-75-55)35-13-15-40-42(28-35)61-50(60-40)46-11-10-21-66(46)52(69)48(33(4)5)63-54(71)73-7/h12-15,27-30,32-33,43-46,48H,8-11,16-26,31H2,1-7H3,(H,58,59)(H,60,61)(H,62,70)(H,63,71)/t43?,44-,45-,46+,48+/m1/s1. The van der Waals surface area contributed by atoms with Crippen LogP contribution in [-0.2, 0) is 35.1 Å². The summed E-state index contributed by atoms with van der Waals surface area (Å²) in [6.07, 6.45) is 4.50. The number of alkyl carbamates (subject to hydrolysis) is 2. The fourth-order valence-corrected chi connectivity index (χ4v) is 11.6. The Kier molecular flexibility index (Phi) is 16.2. The molecule has 75 heavy (non-hydrogen) atoms. The van der Waals surface area contributed by atoms with Gasteiger partial charge in [-0.3, -0.25) is 9.59 Å². The van der Waals surface area contributed by atoms with Crippen molar-refractivity contribution in [2.75, 3.05) is 63.4 Å². The summed E-state index contributed by atoms with van der Waals surface area (Å²) in [5.41, 5.74) is 5.09. The van der Waals surface area contributed by atoms with Crippen molar-refractivity contribution in [1.82, 2.24) is 40.4 Å². The first-order valence-electron chi connectivity index (χ1n) is 26.7. The third-order valence-electron chi connectivity index (χ3n) is 15.3. The van der Waals surface area contributed by atoms with Crippen LogP contribution in [0.2, 0.25) is 0 Å². The molecule has 4 N–H and O–H groups in total. The monoisotopic (exact) mass is 1040 g/mol. The van der Waals surface area contributed by atoms with E-state index in [1.165, 1.54) is 26.4 Å². The van der Waals surface area contributed by atoms with Gasteiger partial charge in [0.2, 0.25) is 11.8 Å². The number of carbonyl (C=O) groups excluding carboxylic acids is 4. The van der Waals surface area contributed by atoms with Crippen LogP contribution in [0.5, 0.6) is 0 Å². The molecule has 9 rings (SSSR count). The molecule has 2 aromatic heterocycles. The summed E-state index contributed by atoms with van der Waals surface area (Å²) in [7, 11) is 2.55. The van der Waals surface area contributed by atoms with Crippen molar-refractivity contribution in [2.24, 2.45) is 11.8 Å². The molecule has 1 spiro atoms. The van der Waals surface area contributed by atoms with E-state index in [1.54, 1.807) is 14.7 Å². The smallest absolute Gasteiger partial charge is 0.407 e. The quantitative estimate of drug-likeness (QED) is 0.0690. The highest BCUT2D eigenvalue weighted by Gasteiger charge is 2.43. The van der Waals surface area contributed by atoms with Crippen LogP contribution in [0.1, 0.15) is 133 Å². The van der Waals surface area contributed by atoms with Crippen LogP contribution in [-0.4, -0.2) is 125 Å². The van der Waals surface area contributed by atoms with Gasteiger partial charge in [0, 0.05) is 44.7 Å². The van der Waals surface area contributed by atoms with Crippen molar-refractivity contribution in [3.63, 3.8) is 0 Å². The third kappa shape index (κ3) is 11.4. The number of carbonyl (C=O) groups is 4. The summed E-state index contributed by atoms with van der Waals surface area (Å²) in [4.78, 5) is 76.8. The zero-order chi connectivity index (χ0) is 53.1. The predicted molar refractivity (Wildman–Crippen MR) is 279 cm³/mol. The van der Waals surface area contributed by atoms with Crippen LogP contribution >= 0.6 is 0 Å². The number of fused-ring (bicyclic) bond motifs is 2. The van der Waals surface area contributed by atoms with Gasteiger partial charge in [-0.2, -0.15) is 0 Å². The molecule has 0 radical (unpaired) electrons. The molecular weight excluding hydrogens is 967 g/mol. The molecule has 0 saturated carbocycles. The molecule has 4 aliphatic heterocycles. The predicted octanol–water partition coefficient (Wildman–Crippen LogP) is 9.09. The Morgan fingerprint density at radius 2 is 1.43 bits per heavy atom. The number of unbranched alkanes of at least 4 members (excludes halogenated alkanes) is 1. The summed E-state index contributed by atoms with van der Waals surface area (Å²) in [5, 5.41) is 5.45. The molecule has 6 heterocycles. The minimum absolute atomic E-state index is 0.0694. The third-order valence-corrected chi connectivity index (χ3v) is 15.3. The molecule has 5 atom stereocenters. The van der Waals surface area contributed by atoms with E-state index in [9.17, 15) is 19.2 Å². The number of anilines is 2. The molecule has 4 aliphatic rings. The second kappa shape index (κ2) is 22.7. The van der Waals surface area contributed by atoms with Gasteiger partial charge in [0.15, 0.2) is 17.4 Å². The first kappa shape index (κ1) is 53.3. The Labute approximate surface area is 436 Å². The maximum atomic E-state index is 16.7. The number of likely N-dealkylation sites (tertiary alicyclic amines) is 1. The van der Waals surface area contributed by atoms with E-state index in [1.807, 2.05) is 64.1 Å². The Morgan fingerprint density at radius 1 is 0.813 bits per heavy atom. The van der Waals surface area contributed by atoms with Crippen molar-refractivity contribution in [3.05, 3.63) is 82.9 Å². The number of nitrogens with one attached hydrogen (secondary N) is 4. The molecule has 5 aromatic rings. The molecule has 1 unspecified atom stereocenters. The number of hydrogen-bond acceptors (Lipinski definition) is 12. The molecule has 4 amide bonds. The van der Waals surface area contributed by atoms with E-state index in [0.29, 0.717) is 106 Å².